The molecule has 3 aliphatic rings. The maximum atomic E-state index is 13.2. The fraction of sp³-hybridized carbons (Fsp3) is 0.600. The van der Waals surface area contributed by atoms with E-state index in [1.807, 2.05) is 29.3 Å². The number of hydrogen-bond acceptors (Lipinski definition) is 3. The summed E-state index contributed by atoms with van der Waals surface area (Å²) < 4.78 is 5.21. The van der Waals surface area contributed by atoms with Crippen molar-refractivity contribution in [1.29, 1.82) is 0 Å². The van der Waals surface area contributed by atoms with E-state index >= 15 is 0 Å². The molecule has 0 saturated heterocycles. The predicted molar refractivity (Wildman–Crippen MR) is 94.4 cm³/mol. The van der Waals surface area contributed by atoms with Gasteiger partial charge < -0.3 is 4.74 Å². The van der Waals surface area contributed by atoms with E-state index in [9.17, 15) is 4.79 Å². The first-order valence-electron chi connectivity index (χ1n) is 9.30. The van der Waals surface area contributed by atoms with Crippen molar-refractivity contribution < 1.29 is 9.53 Å². The van der Waals surface area contributed by atoms with Gasteiger partial charge in [0.25, 0.3) is 5.91 Å². The second-order valence-electron chi connectivity index (χ2n) is 7.40. The first-order chi connectivity index (χ1) is 11.7. The molecule has 1 amide bonds. The van der Waals surface area contributed by atoms with Gasteiger partial charge >= 0.3 is 0 Å². The molecule has 1 aromatic carbocycles. The summed E-state index contributed by atoms with van der Waals surface area (Å²) in [5.74, 6) is 1.33. The van der Waals surface area contributed by atoms with Crippen LogP contribution in [0.4, 0.5) is 0 Å². The van der Waals surface area contributed by atoms with Gasteiger partial charge in [-0.1, -0.05) is 25.7 Å². The fourth-order valence-corrected chi connectivity index (χ4v) is 4.90. The molecule has 1 atom stereocenters. The molecule has 2 saturated carbocycles. The lowest BCUT2D eigenvalue weighted by molar-refractivity contribution is 0.0286. The number of carbonyl (C=O) groups is 1. The van der Waals surface area contributed by atoms with Crippen LogP contribution in [0, 0.1) is 5.92 Å². The maximum Gasteiger partial charge on any atom is 0.274 e. The van der Waals surface area contributed by atoms with Crippen LogP contribution >= 0.6 is 0 Å². The quantitative estimate of drug-likeness (QED) is 0.808. The van der Waals surface area contributed by atoms with E-state index in [2.05, 4.69) is 0 Å². The van der Waals surface area contributed by atoms with Gasteiger partial charge in [0, 0.05) is 17.2 Å². The van der Waals surface area contributed by atoms with Crippen molar-refractivity contribution in [2.45, 2.75) is 63.3 Å². The molecule has 0 unspecified atom stereocenters. The summed E-state index contributed by atoms with van der Waals surface area (Å²) in [6.07, 6.45) is 10.7. The van der Waals surface area contributed by atoms with Crippen molar-refractivity contribution >= 4 is 11.6 Å². The van der Waals surface area contributed by atoms with Gasteiger partial charge in [0.05, 0.1) is 12.6 Å². The topological polar surface area (TPSA) is 41.9 Å². The Bertz CT molecular complexity index is 644. The molecule has 1 spiro atoms. The summed E-state index contributed by atoms with van der Waals surface area (Å²) in [7, 11) is 1.64. The molecule has 0 N–H and O–H groups in total. The molecule has 1 aromatic rings. The number of carbonyl (C=O) groups excluding carboxylic acids is 1. The Morgan fingerprint density at radius 3 is 2.58 bits per heavy atom. The summed E-state index contributed by atoms with van der Waals surface area (Å²) in [4.78, 5) is 13.2. The lowest BCUT2D eigenvalue weighted by atomic mass is 9.67. The number of fused-ring (bicyclic) bond motifs is 2. The highest BCUT2D eigenvalue weighted by Crippen LogP contribution is 2.49. The first-order valence-corrected chi connectivity index (χ1v) is 9.30. The van der Waals surface area contributed by atoms with Crippen LogP contribution < -0.4 is 4.74 Å². The van der Waals surface area contributed by atoms with Gasteiger partial charge in [-0.15, -0.1) is 0 Å². The number of amides is 1. The second-order valence-corrected chi connectivity index (χ2v) is 7.40. The van der Waals surface area contributed by atoms with Crippen LogP contribution in [0.5, 0.6) is 5.75 Å². The Labute approximate surface area is 143 Å². The van der Waals surface area contributed by atoms with E-state index in [4.69, 9.17) is 9.84 Å². The molecule has 0 radical (unpaired) electrons. The average Bonchev–Trinajstić information content (AvgIpc) is 2.96. The van der Waals surface area contributed by atoms with Gasteiger partial charge in [0.2, 0.25) is 0 Å². The SMILES string of the molecule is COc1ccc(C(=O)N2N=C3CCCC[C@@H]3C23CCCCC3)cc1. The molecule has 0 bridgehead atoms. The number of hydrazone groups is 1. The number of rotatable bonds is 2. The zero-order valence-corrected chi connectivity index (χ0v) is 14.5. The van der Waals surface area contributed by atoms with Crippen molar-refractivity contribution in [3.05, 3.63) is 29.8 Å². The summed E-state index contributed by atoms with van der Waals surface area (Å²) >= 11 is 0. The van der Waals surface area contributed by atoms with E-state index in [-0.39, 0.29) is 11.4 Å². The normalized spacial score (nSPS) is 25.3. The van der Waals surface area contributed by atoms with Crippen molar-refractivity contribution in [2.24, 2.45) is 11.0 Å². The molecule has 24 heavy (non-hydrogen) atoms. The lowest BCUT2D eigenvalue weighted by Gasteiger charge is -2.44. The highest BCUT2D eigenvalue weighted by Gasteiger charge is 2.53. The monoisotopic (exact) mass is 326 g/mol. The van der Waals surface area contributed by atoms with Crippen LogP contribution in [-0.2, 0) is 0 Å². The van der Waals surface area contributed by atoms with Gasteiger partial charge in [-0.05, 0) is 56.4 Å². The van der Waals surface area contributed by atoms with Gasteiger partial charge in [-0.3, -0.25) is 4.79 Å². The molecule has 2 fully saturated rings. The second kappa shape index (κ2) is 6.23. The van der Waals surface area contributed by atoms with E-state index < -0.39 is 0 Å². The van der Waals surface area contributed by atoms with Crippen molar-refractivity contribution in [3.8, 4) is 5.75 Å². The summed E-state index contributed by atoms with van der Waals surface area (Å²) in [6.45, 7) is 0. The van der Waals surface area contributed by atoms with E-state index in [0.29, 0.717) is 11.5 Å². The van der Waals surface area contributed by atoms with Crippen molar-refractivity contribution in [2.75, 3.05) is 7.11 Å². The summed E-state index contributed by atoms with van der Waals surface area (Å²) in [5.41, 5.74) is 1.94. The third-order valence-corrected chi connectivity index (χ3v) is 6.13. The van der Waals surface area contributed by atoms with Crippen LogP contribution in [0.2, 0.25) is 0 Å². The minimum Gasteiger partial charge on any atom is -0.497 e. The van der Waals surface area contributed by atoms with E-state index in [1.165, 1.54) is 44.2 Å². The Hall–Kier alpha value is -1.84. The van der Waals surface area contributed by atoms with Crippen LogP contribution in [0.1, 0.15) is 68.1 Å². The van der Waals surface area contributed by atoms with Gasteiger partial charge in [-0.2, -0.15) is 5.10 Å². The standard InChI is InChI=1S/C20H26N2O2/c1-24-16-11-9-15(10-12-16)19(23)22-20(13-5-2-6-14-20)17-7-3-4-8-18(17)21-22/h9-12,17H,2-8,13-14H2,1H3/t17-/m0/s1. The molecule has 2 aliphatic carbocycles. The van der Waals surface area contributed by atoms with Gasteiger partial charge in [0.1, 0.15) is 5.75 Å². The molecular formula is C20H26N2O2. The number of benzene rings is 1. The Morgan fingerprint density at radius 1 is 1.12 bits per heavy atom. The molecule has 0 aromatic heterocycles. The number of methoxy groups -OCH3 is 1. The molecule has 1 aliphatic heterocycles. The van der Waals surface area contributed by atoms with Crippen LogP contribution in [-0.4, -0.2) is 29.3 Å². The highest BCUT2D eigenvalue weighted by atomic mass is 16.5. The molecular weight excluding hydrogens is 300 g/mol. The molecule has 1 heterocycles. The van der Waals surface area contributed by atoms with Gasteiger partial charge in [-0.25, -0.2) is 5.01 Å². The molecule has 128 valence electrons. The smallest absolute Gasteiger partial charge is 0.274 e. The first kappa shape index (κ1) is 15.7. The Morgan fingerprint density at radius 2 is 1.88 bits per heavy atom. The van der Waals surface area contributed by atoms with E-state index in [1.54, 1.807) is 7.11 Å². The van der Waals surface area contributed by atoms with Crippen LogP contribution in [0.15, 0.2) is 29.4 Å². The third-order valence-electron chi connectivity index (χ3n) is 6.13. The average molecular weight is 326 g/mol. The van der Waals surface area contributed by atoms with Crippen LogP contribution in [0.25, 0.3) is 0 Å². The summed E-state index contributed by atoms with van der Waals surface area (Å²) in [5, 5.41) is 6.76. The lowest BCUT2D eigenvalue weighted by Crippen LogP contribution is -2.52. The van der Waals surface area contributed by atoms with E-state index in [0.717, 1.165) is 25.0 Å². The number of hydrogen-bond donors (Lipinski definition) is 0. The number of ether oxygens (including phenoxy) is 1. The minimum atomic E-state index is -0.0506. The number of nitrogens with zero attached hydrogens (tertiary/aromatic N) is 2. The van der Waals surface area contributed by atoms with Crippen LogP contribution in [0.3, 0.4) is 0 Å². The third kappa shape index (κ3) is 2.43. The zero-order valence-electron chi connectivity index (χ0n) is 14.5. The Kier molecular flexibility index (Phi) is 4.07. The Balaban J connectivity index is 1.68. The minimum absolute atomic E-state index is 0.0506. The highest BCUT2D eigenvalue weighted by molar-refractivity contribution is 5.99. The van der Waals surface area contributed by atoms with Crippen molar-refractivity contribution in [3.63, 3.8) is 0 Å². The molecule has 4 nitrogen and oxygen atoms in total. The molecule has 4 heteroatoms. The largest absolute Gasteiger partial charge is 0.497 e. The van der Waals surface area contributed by atoms with Crippen molar-refractivity contribution in [1.82, 2.24) is 5.01 Å². The predicted octanol–water partition coefficient (Wildman–Crippen LogP) is 4.40. The maximum absolute atomic E-state index is 13.2. The zero-order chi connectivity index (χ0) is 16.6. The van der Waals surface area contributed by atoms with Gasteiger partial charge in [0.15, 0.2) is 0 Å². The fourth-order valence-electron chi connectivity index (χ4n) is 4.90. The summed E-state index contributed by atoms with van der Waals surface area (Å²) in [6, 6.07) is 7.44. The molecule has 4 rings (SSSR count).